The Hall–Kier alpha value is -1.07. The van der Waals surface area contributed by atoms with E-state index in [0.29, 0.717) is 22.3 Å². The van der Waals surface area contributed by atoms with Crippen molar-refractivity contribution < 1.29 is 9.53 Å². The first-order valence-electron chi connectivity index (χ1n) is 6.41. The van der Waals surface area contributed by atoms with Crippen molar-refractivity contribution in [1.82, 2.24) is 15.6 Å². The van der Waals surface area contributed by atoms with Crippen LogP contribution in [-0.2, 0) is 4.74 Å². The lowest BCUT2D eigenvalue weighted by atomic mass is 10.0. The van der Waals surface area contributed by atoms with Crippen LogP contribution in [0.15, 0.2) is 4.47 Å². The van der Waals surface area contributed by atoms with Gasteiger partial charge in [0.2, 0.25) is 0 Å². The number of hydrogen-bond acceptors (Lipinski definition) is 4. The number of rotatable bonds is 3. The van der Waals surface area contributed by atoms with Crippen LogP contribution in [0.5, 0.6) is 0 Å². The smallest absolute Gasteiger partial charge is 0.269 e. The minimum absolute atomic E-state index is 0. The van der Waals surface area contributed by atoms with E-state index in [0.717, 1.165) is 18.7 Å². The van der Waals surface area contributed by atoms with Crippen LogP contribution >= 0.6 is 28.3 Å². The van der Waals surface area contributed by atoms with Gasteiger partial charge < -0.3 is 20.4 Å². The first kappa shape index (κ1) is 18.0. The molecule has 3 N–H and O–H groups in total. The highest BCUT2D eigenvalue weighted by atomic mass is 79.9. The molecule has 0 aromatic carbocycles. The van der Waals surface area contributed by atoms with Gasteiger partial charge in [0.25, 0.3) is 5.91 Å². The molecule has 1 saturated heterocycles. The van der Waals surface area contributed by atoms with Crippen LogP contribution in [0.3, 0.4) is 0 Å². The summed E-state index contributed by atoms with van der Waals surface area (Å²) in [6.45, 7) is 3.35. The number of ether oxygens (including phenoxy) is 1. The van der Waals surface area contributed by atoms with Crippen molar-refractivity contribution >= 4 is 34.2 Å². The van der Waals surface area contributed by atoms with Crippen LogP contribution in [-0.4, -0.2) is 43.2 Å². The third-order valence-electron chi connectivity index (χ3n) is 3.50. The van der Waals surface area contributed by atoms with Gasteiger partial charge >= 0.3 is 0 Å². The fourth-order valence-corrected chi connectivity index (χ4v) is 2.75. The zero-order chi connectivity index (χ0) is 14.7. The van der Waals surface area contributed by atoms with Crippen LogP contribution < -0.4 is 10.6 Å². The van der Waals surface area contributed by atoms with Crippen LogP contribution in [0.25, 0.3) is 0 Å². The zero-order valence-electron chi connectivity index (χ0n) is 11.8. The summed E-state index contributed by atoms with van der Waals surface area (Å²) in [5.41, 5.74) is 1.40. The summed E-state index contributed by atoms with van der Waals surface area (Å²) < 4.78 is 6.00. The lowest BCUT2D eigenvalue weighted by Crippen LogP contribution is -2.53. The molecule has 21 heavy (non-hydrogen) atoms. The van der Waals surface area contributed by atoms with Gasteiger partial charge in [-0.1, -0.05) is 0 Å². The Balaban J connectivity index is 0.00000220. The SMILES string of the molecule is CO[C@H]1CNCC[C@H]1NC(=O)c1[nH]c(C)c(Br)c1C#N.Cl. The summed E-state index contributed by atoms with van der Waals surface area (Å²) >= 11 is 3.31. The zero-order valence-corrected chi connectivity index (χ0v) is 14.2. The number of amides is 1. The van der Waals surface area contributed by atoms with Gasteiger partial charge in [-0.2, -0.15) is 5.26 Å². The summed E-state index contributed by atoms with van der Waals surface area (Å²) in [5.74, 6) is -0.274. The van der Waals surface area contributed by atoms with Gasteiger partial charge in [-0.25, -0.2) is 0 Å². The molecule has 0 bridgehead atoms. The van der Waals surface area contributed by atoms with Crippen LogP contribution in [0.1, 0.15) is 28.2 Å². The van der Waals surface area contributed by atoms with E-state index in [2.05, 4.69) is 31.5 Å². The van der Waals surface area contributed by atoms with Crippen LogP contribution in [0.2, 0.25) is 0 Å². The molecule has 1 aliphatic heterocycles. The van der Waals surface area contributed by atoms with Crippen molar-refractivity contribution in [3.05, 3.63) is 21.4 Å². The number of methoxy groups -OCH3 is 1. The minimum Gasteiger partial charge on any atom is -0.378 e. The van der Waals surface area contributed by atoms with E-state index in [1.54, 1.807) is 7.11 Å². The summed E-state index contributed by atoms with van der Waals surface area (Å²) in [6, 6.07) is 1.99. The number of hydrogen-bond donors (Lipinski definition) is 3. The number of carbonyl (C=O) groups excluding carboxylic acids is 1. The molecule has 8 heteroatoms. The molecule has 0 aliphatic carbocycles. The van der Waals surface area contributed by atoms with Gasteiger partial charge in [0.1, 0.15) is 11.8 Å². The predicted octanol–water partition coefficient (Wildman–Crippen LogP) is 1.49. The van der Waals surface area contributed by atoms with E-state index < -0.39 is 0 Å². The van der Waals surface area contributed by atoms with Crippen molar-refractivity contribution in [1.29, 1.82) is 5.26 Å². The highest BCUT2D eigenvalue weighted by Crippen LogP contribution is 2.24. The number of nitrogens with zero attached hydrogens (tertiary/aromatic N) is 1. The largest absolute Gasteiger partial charge is 0.378 e. The van der Waals surface area contributed by atoms with Crippen molar-refractivity contribution in [2.75, 3.05) is 20.2 Å². The Morgan fingerprint density at radius 1 is 1.57 bits per heavy atom. The maximum Gasteiger partial charge on any atom is 0.269 e. The summed E-state index contributed by atoms with van der Waals surface area (Å²) in [6.07, 6.45) is 0.741. The number of aryl methyl sites for hydroxylation is 1. The number of aromatic nitrogens is 1. The molecule has 0 unspecified atom stereocenters. The molecule has 0 saturated carbocycles. The Bertz CT molecular complexity index is 555. The Kier molecular flexibility index (Phi) is 6.68. The average molecular weight is 378 g/mol. The average Bonchev–Trinajstić information content (AvgIpc) is 2.75. The van der Waals surface area contributed by atoms with E-state index >= 15 is 0 Å². The van der Waals surface area contributed by atoms with Gasteiger partial charge in [-0.05, 0) is 35.8 Å². The number of piperidine rings is 1. The van der Waals surface area contributed by atoms with Crippen LogP contribution in [0, 0.1) is 18.3 Å². The molecular weight excluding hydrogens is 360 g/mol. The number of aromatic amines is 1. The van der Waals surface area contributed by atoms with Crippen LogP contribution in [0.4, 0.5) is 0 Å². The van der Waals surface area contributed by atoms with Gasteiger partial charge in [0, 0.05) is 19.3 Å². The summed E-state index contributed by atoms with van der Waals surface area (Å²) in [4.78, 5) is 15.3. The molecule has 1 aromatic heterocycles. The standard InChI is InChI=1S/C13H17BrN4O2.ClH/c1-7-11(14)8(5-15)12(17-7)13(19)18-9-3-4-16-6-10(9)20-2;/h9-10,16-17H,3-4,6H2,1-2H3,(H,18,19);1H/t9-,10+;/m1./s1. The van der Waals surface area contributed by atoms with Crippen molar-refractivity contribution in [2.24, 2.45) is 0 Å². The van der Waals surface area contributed by atoms with E-state index in [1.165, 1.54) is 0 Å². The second-order valence-corrected chi connectivity index (χ2v) is 5.57. The molecule has 6 nitrogen and oxygen atoms in total. The molecule has 2 heterocycles. The molecule has 0 radical (unpaired) electrons. The fraction of sp³-hybridized carbons (Fsp3) is 0.538. The van der Waals surface area contributed by atoms with Gasteiger partial charge in [0.05, 0.1) is 22.2 Å². The first-order valence-corrected chi connectivity index (χ1v) is 7.20. The first-order chi connectivity index (χ1) is 9.58. The van der Waals surface area contributed by atoms with E-state index in [-0.39, 0.29) is 30.5 Å². The van der Waals surface area contributed by atoms with Crippen molar-refractivity contribution in [3.8, 4) is 6.07 Å². The molecular formula is C13H18BrClN4O2. The molecule has 1 fully saturated rings. The second-order valence-electron chi connectivity index (χ2n) is 4.77. The van der Waals surface area contributed by atoms with E-state index in [4.69, 9.17) is 10.00 Å². The summed E-state index contributed by atoms with van der Waals surface area (Å²) in [7, 11) is 1.63. The quantitative estimate of drug-likeness (QED) is 0.744. The lowest BCUT2D eigenvalue weighted by Gasteiger charge is -2.31. The number of nitriles is 1. The van der Waals surface area contributed by atoms with E-state index in [9.17, 15) is 4.79 Å². The second kappa shape index (κ2) is 7.80. The molecule has 2 atom stereocenters. The molecule has 1 amide bonds. The number of H-pyrrole nitrogens is 1. The fourth-order valence-electron chi connectivity index (χ4n) is 2.36. The van der Waals surface area contributed by atoms with Crippen molar-refractivity contribution in [3.63, 3.8) is 0 Å². The number of carbonyl (C=O) groups is 1. The molecule has 0 spiro atoms. The van der Waals surface area contributed by atoms with Gasteiger partial charge in [0.15, 0.2) is 0 Å². The normalized spacial score (nSPS) is 21.2. The minimum atomic E-state index is -0.274. The van der Waals surface area contributed by atoms with Crippen molar-refractivity contribution in [2.45, 2.75) is 25.5 Å². The highest BCUT2D eigenvalue weighted by molar-refractivity contribution is 9.10. The Labute approximate surface area is 138 Å². The van der Waals surface area contributed by atoms with Gasteiger partial charge in [-0.3, -0.25) is 4.79 Å². The molecule has 1 aliphatic rings. The topological polar surface area (TPSA) is 89.9 Å². The maximum absolute atomic E-state index is 12.3. The highest BCUT2D eigenvalue weighted by Gasteiger charge is 2.28. The molecule has 1 aromatic rings. The number of halogens is 2. The monoisotopic (exact) mass is 376 g/mol. The van der Waals surface area contributed by atoms with Gasteiger partial charge in [-0.15, -0.1) is 12.4 Å². The lowest BCUT2D eigenvalue weighted by molar-refractivity contribution is 0.0475. The molecule has 116 valence electrons. The number of nitrogens with one attached hydrogen (secondary N) is 3. The maximum atomic E-state index is 12.3. The van der Waals surface area contributed by atoms with E-state index in [1.807, 2.05) is 13.0 Å². The third kappa shape index (κ3) is 3.77. The Morgan fingerprint density at radius 3 is 2.90 bits per heavy atom. The summed E-state index contributed by atoms with van der Waals surface area (Å²) in [5, 5.41) is 15.3. The third-order valence-corrected chi connectivity index (χ3v) is 4.49. The molecule has 2 rings (SSSR count). The Morgan fingerprint density at radius 2 is 2.29 bits per heavy atom. The predicted molar refractivity (Wildman–Crippen MR) is 84.7 cm³/mol.